The average molecular weight is 251 g/mol. The molecule has 68 valence electrons. The van der Waals surface area contributed by atoms with Gasteiger partial charge in [0.1, 0.15) is 11.8 Å². The lowest BCUT2D eigenvalue weighted by Gasteiger charge is -2.05. The number of nitrogens with zero attached hydrogens (tertiary/aromatic N) is 2. The van der Waals surface area contributed by atoms with Crippen molar-refractivity contribution in [3.05, 3.63) is 28.0 Å². The third-order valence-electron chi connectivity index (χ3n) is 1.24. The van der Waals surface area contributed by atoms with E-state index in [1.165, 1.54) is 0 Å². The Kier molecular flexibility index (Phi) is 2.57. The Morgan fingerprint density at radius 2 is 2.00 bits per heavy atom. The highest BCUT2D eigenvalue weighted by Crippen LogP contribution is 2.29. The predicted octanol–water partition coefficient (Wildman–Crippen LogP) is 2.73. The lowest BCUT2D eigenvalue weighted by molar-refractivity contribution is -0.141. The van der Waals surface area contributed by atoms with Crippen LogP contribution in [0.25, 0.3) is 0 Å². The molecular weight excluding hydrogens is 249 g/mol. The molecule has 0 saturated carbocycles. The molecule has 0 unspecified atom stereocenters. The molecule has 0 radical (unpaired) electrons. The topological polar surface area (TPSA) is 36.7 Å². The maximum Gasteiger partial charge on any atom is 0.433 e. The van der Waals surface area contributed by atoms with E-state index in [9.17, 15) is 13.2 Å². The van der Waals surface area contributed by atoms with Crippen LogP contribution in [0.15, 0.2) is 16.6 Å². The van der Waals surface area contributed by atoms with E-state index < -0.39 is 11.9 Å². The first-order chi connectivity index (χ1) is 5.95. The number of nitriles is 1. The fourth-order valence-electron chi connectivity index (χ4n) is 0.678. The van der Waals surface area contributed by atoms with Crippen LogP contribution in [0.5, 0.6) is 0 Å². The van der Waals surface area contributed by atoms with E-state index in [0.717, 1.165) is 12.1 Å². The molecule has 0 fully saturated rings. The number of aromatic nitrogens is 1. The molecule has 0 aliphatic carbocycles. The highest BCUT2D eigenvalue weighted by atomic mass is 79.9. The molecule has 1 rings (SSSR count). The Bertz CT molecular complexity index is 367. The van der Waals surface area contributed by atoms with Crippen LogP contribution < -0.4 is 0 Å². The monoisotopic (exact) mass is 250 g/mol. The molecule has 0 saturated heterocycles. The molecule has 13 heavy (non-hydrogen) atoms. The Hall–Kier alpha value is -1.09. The van der Waals surface area contributed by atoms with Gasteiger partial charge < -0.3 is 0 Å². The minimum absolute atomic E-state index is 0.253. The van der Waals surface area contributed by atoms with Crippen LogP contribution in [0.1, 0.15) is 11.4 Å². The zero-order chi connectivity index (χ0) is 10.1. The van der Waals surface area contributed by atoms with Crippen molar-refractivity contribution in [3.8, 4) is 6.07 Å². The summed E-state index contributed by atoms with van der Waals surface area (Å²) in [6, 6.07) is 3.51. The smallest absolute Gasteiger partial charge is 0.231 e. The molecule has 0 bridgehead atoms. The lowest BCUT2D eigenvalue weighted by Crippen LogP contribution is -2.08. The Balaban J connectivity index is 3.24. The SMILES string of the molecule is N#Cc1nc(C(F)(F)F)ccc1Br. The summed E-state index contributed by atoms with van der Waals surface area (Å²) in [6.07, 6.45) is -4.51. The summed E-state index contributed by atoms with van der Waals surface area (Å²) in [6.45, 7) is 0. The Morgan fingerprint density at radius 1 is 1.38 bits per heavy atom. The third kappa shape index (κ3) is 2.18. The average Bonchev–Trinajstić information content (AvgIpc) is 2.03. The molecule has 1 heterocycles. The summed E-state index contributed by atoms with van der Waals surface area (Å²) < 4.78 is 36.4. The number of hydrogen-bond acceptors (Lipinski definition) is 2. The zero-order valence-electron chi connectivity index (χ0n) is 6.06. The van der Waals surface area contributed by atoms with Gasteiger partial charge in [-0.25, -0.2) is 4.98 Å². The summed E-state index contributed by atoms with van der Waals surface area (Å²) in [5.74, 6) is 0. The first-order valence-electron chi connectivity index (χ1n) is 3.09. The van der Waals surface area contributed by atoms with Crippen molar-refractivity contribution >= 4 is 15.9 Å². The van der Waals surface area contributed by atoms with Gasteiger partial charge in [-0.05, 0) is 28.1 Å². The quantitative estimate of drug-likeness (QED) is 0.710. The molecule has 0 N–H and O–H groups in total. The van der Waals surface area contributed by atoms with E-state index in [0.29, 0.717) is 0 Å². The Labute approximate surface area is 80.1 Å². The van der Waals surface area contributed by atoms with Gasteiger partial charge in [0.25, 0.3) is 0 Å². The molecule has 0 amide bonds. The van der Waals surface area contributed by atoms with Gasteiger partial charge in [-0.1, -0.05) is 0 Å². The third-order valence-corrected chi connectivity index (χ3v) is 1.88. The molecule has 6 heteroatoms. The van der Waals surface area contributed by atoms with E-state index in [4.69, 9.17) is 5.26 Å². The van der Waals surface area contributed by atoms with Crippen LogP contribution in [0, 0.1) is 11.3 Å². The second kappa shape index (κ2) is 3.34. The molecule has 0 spiro atoms. The first-order valence-corrected chi connectivity index (χ1v) is 3.88. The van der Waals surface area contributed by atoms with Crippen molar-refractivity contribution in [1.29, 1.82) is 5.26 Å². The summed E-state index contributed by atoms with van der Waals surface area (Å²) >= 11 is 2.90. The summed E-state index contributed by atoms with van der Waals surface area (Å²) in [4.78, 5) is 3.13. The van der Waals surface area contributed by atoms with Gasteiger partial charge in [-0.2, -0.15) is 18.4 Å². The lowest BCUT2D eigenvalue weighted by atomic mass is 10.3. The van der Waals surface area contributed by atoms with Crippen LogP contribution >= 0.6 is 15.9 Å². The number of alkyl halides is 3. The van der Waals surface area contributed by atoms with Crippen molar-refractivity contribution in [3.63, 3.8) is 0 Å². The standard InChI is InChI=1S/C7H2BrF3N2/c8-4-1-2-6(7(9,10)11)13-5(4)3-12/h1-2H. The maximum atomic E-state index is 12.0. The van der Waals surface area contributed by atoms with Crippen molar-refractivity contribution in [2.75, 3.05) is 0 Å². The summed E-state index contributed by atoms with van der Waals surface area (Å²) in [5, 5.41) is 8.40. The van der Waals surface area contributed by atoms with E-state index in [1.807, 2.05) is 0 Å². The highest BCUT2D eigenvalue weighted by Gasteiger charge is 2.32. The van der Waals surface area contributed by atoms with Gasteiger partial charge >= 0.3 is 6.18 Å². The fourth-order valence-corrected chi connectivity index (χ4v) is 0.988. The molecule has 0 aromatic carbocycles. The largest absolute Gasteiger partial charge is 0.433 e. The predicted molar refractivity (Wildman–Crippen MR) is 41.7 cm³/mol. The van der Waals surface area contributed by atoms with Crippen molar-refractivity contribution in [1.82, 2.24) is 4.98 Å². The zero-order valence-corrected chi connectivity index (χ0v) is 7.65. The van der Waals surface area contributed by atoms with E-state index in [-0.39, 0.29) is 10.2 Å². The van der Waals surface area contributed by atoms with Crippen LogP contribution in [0.4, 0.5) is 13.2 Å². The van der Waals surface area contributed by atoms with Crippen LogP contribution in [-0.4, -0.2) is 4.98 Å². The van der Waals surface area contributed by atoms with E-state index in [1.54, 1.807) is 6.07 Å². The molecule has 1 aromatic rings. The second-order valence-corrected chi connectivity index (χ2v) is 2.99. The minimum atomic E-state index is -4.51. The fraction of sp³-hybridized carbons (Fsp3) is 0.143. The normalized spacial score (nSPS) is 11.0. The van der Waals surface area contributed by atoms with E-state index >= 15 is 0 Å². The Morgan fingerprint density at radius 3 is 2.46 bits per heavy atom. The number of halogens is 4. The van der Waals surface area contributed by atoms with Crippen LogP contribution in [0.2, 0.25) is 0 Å². The molecule has 0 aliphatic rings. The van der Waals surface area contributed by atoms with Crippen molar-refractivity contribution in [2.24, 2.45) is 0 Å². The van der Waals surface area contributed by atoms with Gasteiger partial charge in [-0.3, -0.25) is 0 Å². The maximum absolute atomic E-state index is 12.0. The van der Waals surface area contributed by atoms with Crippen molar-refractivity contribution < 1.29 is 13.2 Å². The van der Waals surface area contributed by atoms with Gasteiger partial charge in [-0.15, -0.1) is 0 Å². The van der Waals surface area contributed by atoms with Gasteiger partial charge in [0.05, 0.1) is 4.47 Å². The highest BCUT2D eigenvalue weighted by molar-refractivity contribution is 9.10. The van der Waals surface area contributed by atoms with E-state index in [2.05, 4.69) is 20.9 Å². The van der Waals surface area contributed by atoms with Crippen LogP contribution in [0.3, 0.4) is 0 Å². The molecule has 1 aromatic heterocycles. The molecular formula is C7H2BrF3N2. The molecule has 0 atom stereocenters. The second-order valence-electron chi connectivity index (χ2n) is 2.14. The number of pyridine rings is 1. The van der Waals surface area contributed by atoms with Gasteiger partial charge in [0.2, 0.25) is 0 Å². The minimum Gasteiger partial charge on any atom is -0.231 e. The van der Waals surface area contributed by atoms with Crippen molar-refractivity contribution in [2.45, 2.75) is 6.18 Å². The summed E-state index contributed by atoms with van der Waals surface area (Å²) in [5.41, 5.74) is -1.33. The number of hydrogen-bond donors (Lipinski definition) is 0. The molecule has 2 nitrogen and oxygen atoms in total. The molecule has 0 aliphatic heterocycles. The summed E-state index contributed by atoms with van der Waals surface area (Å²) in [7, 11) is 0. The van der Waals surface area contributed by atoms with Gasteiger partial charge in [0, 0.05) is 0 Å². The van der Waals surface area contributed by atoms with Crippen LogP contribution in [-0.2, 0) is 6.18 Å². The number of rotatable bonds is 0. The van der Waals surface area contributed by atoms with Gasteiger partial charge in [0.15, 0.2) is 5.69 Å². The first kappa shape index (κ1) is 9.99.